The molecular weight excluding hydrogens is 450 g/mol. The average molecular weight is 486 g/mol. The van der Waals surface area contributed by atoms with Crippen molar-refractivity contribution in [3.8, 4) is 11.5 Å². The maximum atomic E-state index is 13.4. The molecule has 3 aliphatic heterocycles. The standard InChI is InChI=1S/C26H35N3O6/c1-17-11-24(2,3)14-26(12-17)22(31)29(23(32)28-26)13-21(30)27-15-25(6-8-33-9-7-25)18-4-5-19-20(10-18)35-16-34-19/h4-5,10,17H,6-9,11-16H2,1-3H3,(H,27,30)(H,28,32). The highest BCUT2D eigenvalue weighted by Crippen LogP contribution is 2.46. The van der Waals surface area contributed by atoms with Gasteiger partial charge in [0, 0.05) is 25.2 Å². The molecule has 1 saturated carbocycles. The van der Waals surface area contributed by atoms with E-state index in [1.807, 2.05) is 18.2 Å². The number of rotatable bonds is 5. The molecule has 1 aromatic carbocycles. The summed E-state index contributed by atoms with van der Waals surface area (Å²) in [7, 11) is 0. The first-order chi connectivity index (χ1) is 16.6. The second-order valence-corrected chi connectivity index (χ2v) is 11.5. The van der Waals surface area contributed by atoms with Gasteiger partial charge in [0.15, 0.2) is 11.5 Å². The molecule has 35 heavy (non-hydrogen) atoms. The monoisotopic (exact) mass is 485 g/mol. The Balaban J connectivity index is 1.27. The Morgan fingerprint density at radius 2 is 1.89 bits per heavy atom. The molecular formula is C26H35N3O6. The number of nitrogens with one attached hydrogen (secondary N) is 2. The first-order valence-corrected chi connectivity index (χ1v) is 12.5. The van der Waals surface area contributed by atoms with Gasteiger partial charge < -0.3 is 24.8 Å². The zero-order valence-electron chi connectivity index (χ0n) is 20.8. The predicted octanol–water partition coefficient (Wildman–Crippen LogP) is 2.72. The number of amides is 4. The van der Waals surface area contributed by atoms with Gasteiger partial charge in [-0.15, -0.1) is 0 Å². The molecule has 9 heteroatoms. The molecule has 3 fully saturated rings. The van der Waals surface area contributed by atoms with Crippen molar-refractivity contribution in [2.45, 2.75) is 63.8 Å². The predicted molar refractivity (Wildman–Crippen MR) is 127 cm³/mol. The van der Waals surface area contributed by atoms with Gasteiger partial charge >= 0.3 is 6.03 Å². The molecule has 2 atom stereocenters. The normalized spacial score (nSPS) is 28.8. The minimum Gasteiger partial charge on any atom is -0.454 e. The fraction of sp³-hybridized carbons (Fsp3) is 0.654. The van der Waals surface area contributed by atoms with E-state index in [0.29, 0.717) is 50.0 Å². The fourth-order valence-corrected chi connectivity index (χ4v) is 6.67. The third-order valence-corrected chi connectivity index (χ3v) is 7.98. The molecule has 5 rings (SSSR count). The second-order valence-electron chi connectivity index (χ2n) is 11.5. The van der Waals surface area contributed by atoms with E-state index >= 15 is 0 Å². The first-order valence-electron chi connectivity index (χ1n) is 12.5. The lowest BCUT2D eigenvalue weighted by Gasteiger charge is -2.43. The summed E-state index contributed by atoms with van der Waals surface area (Å²) in [5, 5.41) is 5.94. The van der Waals surface area contributed by atoms with E-state index in [2.05, 4.69) is 31.4 Å². The van der Waals surface area contributed by atoms with E-state index in [4.69, 9.17) is 14.2 Å². The van der Waals surface area contributed by atoms with Crippen LogP contribution in [-0.4, -0.2) is 61.4 Å². The Hall–Kier alpha value is -2.81. The number of urea groups is 1. The molecule has 2 N–H and O–H groups in total. The Bertz CT molecular complexity index is 1030. The molecule has 2 saturated heterocycles. The minimum atomic E-state index is -0.910. The van der Waals surface area contributed by atoms with Gasteiger partial charge in [-0.05, 0) is 61.1 Å². The van der Waals surface area contributed by atoms with E-state index in [1.54, 1.807) is 0 Å². The van der Waals surface area contributed by atoms with Crippen LogP contribution in [0.15, 0.2) is 18.2 Å². The smallest absolute Gasteiger partial charge is 0.325 e. The number of hydrogen-bond acceptors (Lipinski definition) is 6. The van der Waals surface area contributed by atoms with Crippen LogP contribution in [0.3, 0.4) is 0 Å². The van der Waals surface area contributed by atoms with Crippen LogP contribution in [0.2, 0.25) is 0 Å². The summed E-state index contributed by atoms with van der Waals surface area (Å²) in [6.07, 6.45) is 3.68. The number of hydrogen-bond donors (Lipinski definition) is 2. The van der Waals surface area contributed by atoms with Gasteiger partial charge in [0.1, 0.15) is 12.1 Å². The van der Waals surface area contributed by atoms with Gasteiger partial charge in [-0.1, -0.05) is 26.8 Å². The van der Waals surface area contributed by atoms with Crippen LogP contribution < -0.4 is 20.1 Å². The third kappa shape index (κ3) is 4.46. The molecule has 1 aromatic rings. The van der Waals surface area contributed by atoms with Crippen molar-refractivity contribution in [3.63, 3.8) is 0 Å². The number of nitrogens with zero attached hydrogens (tertiary/aromatic N) is 1. The number of imide groups is 1. The summed E-state index contributed by atoms with van der Waals surface area (Å²) in [4.78, 5) is 40.2. The van der Waals surface area contributed by atoms with E-state index in [9.17, 15) is 14.4 Å². The number of carbonyl (C=O) groups is 3. The Morgan fingerprint density at radius 3 is 2.63 bits per heavy atom. The summed E-state index contributed by atoms with van der Waals surface area (Å²) < 4.78 is 16.6. The second kappa shape index (κ2) is 8.69. The topological polar surface area (TPSA) is 106 Å². The first kappa shape index (κ1) is 23.9. The van der Waals surface area contributed by atoms with Gasteiger partial charge in [-0.3, -0.25) is 14.5 Å². The SMILES string of the molecule is CC1CC(C)(C)CC2(C1)NC(=O)N(CC(=O)NCC1(c3ccc4c(c3)OCO4)CCOCC1)C2=O. The fourth-order valence-electron chi connectivity index (χ4n) is 6.67. The zero-order valence-corrected chi connectivity index (χ0v) is 20.8. The summed E-state index contributed by atoms with van der Waals surface area (Å²) in [5.74, 6) is 1.10. The van der Waals surface area contributed by atoms with Crippen molar-refractivity contribution in [2.75, 3.05) is 33.1 Å². The third-order valence-electron chi connectivity index (χ3n) is 7.98. The molecule has 190 valence electrons. The molecule has 0 aromatic heterocycles. The maximum Gasteiger partial charge on any atom is 0.325 e. The van der Waals surface area contributed by atoms with Crippen LogP contribution in [0.1, 0.15) is 58.4 Å². The van der Waals surface area contributed by atoms with Crippen LogP contribution in [0, 0.1) is 11.3 Å². The molecule has 9 nitrogen and oxygen atoms in total. The average Bonchev–Trinajstić information content (AvgIpc) is 3.35. The summed E-state index contributed by atoms with van der Waals surface area (Å²) >= 11 is 0. The van der Waals surface area contributed by atoms with Crippen molar-refractivity contribution in [3.05, 3.63) is 23.8 Å². The van der Waals surface area contributed by atoms with Gasteiger partial charge in [0.25, 0.3) is 5.91 Å². The van der Waals surface area contributed by atoms with E-state index < -0.39 is 11.6 Å². The van der Waals surface area contributed by atoms with Gasteiger partial charge in [0.2, 0.25) is 12.7 Å². The summed E-state index contributed by atoms with van der Waals surface area (Å²) in [5.41, 5.74) is -0.236. The molecule has 2 unspecified atom stereocenters. The highest BCUT2D eigenvalue weighted by molar-refractivity contribution is 6.09. The number of carbonyl (C=O) groups excluding carboxylic acids is 3. The Morgan fingerprint density at radius 1 is 1.14 bits per heavy atom. The largest absolute Gasteiger partial charge is 0.454 e. The van der Waals surface area contributed by atoms with Crippen LogP contribution in [0.4, 0.5) is 4.79 Å². The van der Waals surface area contributed by atoms with Crippen LogP contribution in [-0.2, 0) is 19.7 Å². The van der Waals surface area contributed by atoms with E-state index in [1.165, 1.54) is 0 Å². The highest BCUT2D eigenvalue weighted by atomic mass is 16.7. The molecule has 0 radical (unpaired) electrons. The van der Waals surface area contributed by atoms with Crippen molar-refractivity contribution in [2.24, 2.45) is 11.3 Å². The number of benzene rings is 1. The number of ether oxygens (including phenoxy) is 3. The molecule has 3 heterocycles. The molecule has 4 aliphatic rings. The minimum absolute atomic E-state index is 0.0566. The van der Waals surface area contributed by atoms with Crippen LogP contribution in [0.5, 0.6) is 11.5 Å². The zero-order chi connectivity index (χ0) is 24.8. The lowest BCUT2D eigenvalue weighted by Crippen LogP contribution is -2.54. The number of fused-ring (bicyclic) bond motifs is 1. The lowest BCUT2D eigenvalue weighted by atomic mass is 9.64. The highest BCUT2D eigenvalue weighted by Gasteiger charge is 2.56. The quantitative estimate of drug-likeness (QED) is 0.622. The Labute approximate surface area is 205 Å². The summed E-state index contributed by atoms with van der Waals surface area (Å²) in [6.45, 7) is 7.85. The van der Waals surface area contributed by atoms with E-state index in [-0.39, 0.29) is 36.0 Å². The van der Waals surface area contributed by atoms with E-state index in [0.717, 1.165) is 29.7 Å². The maximum absolute atomic E-state index is 13.4. The van der Waals surface area contributed by atoms with Crippen molar-refractivity contribution in [1.82, 2.24) is 15.5 Å². The Kier molecular flexibility index (Phi) is 5.94. The van der Waals surface area contributed by atoms with Gasteiger partial charge in [-0.25, -0.2) is 4.79 Å². The summed E-state index contributed by atoms with van der Waals surface area (Å²) in [6, 6.07) is 5.41. The van der Waals surface area contributed by atoms with Crippen molar-refractivity contribution in [1.29, 1.82) is 0 Å². The molecule has 0 bridgehead atoms. The van der Waals surface area contributed by atoms with Gasteiger partial charge in [0.05, 0.1) is 0 Å². The molecule has 1 aliphatic carbocycles. The van der Waals surface area contributed by atoms with Crippen LogP contribution in [0.25, 0.3) is 0 Å². The molecule has 4 amide bonds. The van der Waals surface area contributed by atoms with Crippen molar-refractivity contribution >= 4 is 17.8 Å². The molecule has 1 spiro atoms. The lowest BCUT2D eigenvalue weighted by molar-refractivity contribution is -0.137. The van der Waals surface area contributed by atoms with Crippen molar-refractivity contribution < 1.29 is 28.6 Å². The van der Waals surface area contributed by atoms with Gasteiger partial charge in [-0.2, -0.15) is 0 Å². The van der Waals surface area contributed by atoms with Crippen LogP contribution >= 0.6 is 0 Å².